The van der Waals surface area contributed by atoms with Crippen molar-refractivity contribution < 1.29 is 33.4 Å². The van der Waals surface area contributed by atoms with Gasteiger partial charge >= 0.3 is 0 Å². The van der Waals surface area contributed by atoms with Gasteiger partial charge in [-0.1, -0.05) is 6.07 Å². The molecule has 0 aliphatic carbocycles. The highest BCUT2D eigenvalue weighted by atomic mass is 16.5. The number of ether oxygens (including phenoxy) is 2. The fourth-order valence-electron chi connectivity index (χ4n) is 9.43. The number of nitrogens with one attached hydrogen (secondary N) is 2. The lowest BCUT2D eigenvalue weighted by atomic mass is 9.99. The van der Waals surface area contributed by atoms with E-state index in [-0.39, 0.29) is 36.0 Å². The summed E-state index contributed by atoms with van der Waals surface area (Å²) in [5.41, 5.74) is 7.37. The van der Waals surface area contributed by atoms with Gasteiger partial charge in [-0.25, -0.2) is 4.98 Å². The number of carbonyl (C=O) groups excluding carboxylic acids is 5. The van der Waals surface area contributed by atoms with Crippen LogP contribution in [0.1, 0.15) is 95.6 Å². The molecule has 5 aliphatic rings. The minimum absolute atomic E-state index is 0.0769. The molecule has 0 radical (unpaired) electrons. The molecule has 0 spiro atoms. The number of amides is 5. The first-order chi connectivity index (χ1) is 28.7. The number of hydrogen-bond acceptors (Lipinski definition) is 11. The lowest BCUT2D eigenvalue weighted by Gasteiger charge is -2.30. The van der Waals surface area contributed by atoms with Gasteiger partial charge < -0.3 is 29.2 Å². The molecule has 5 aliphatic heterocycles. The molecule has 3 fully saturated rings. The number of aryl methyl sites for hydroxylation is 1. The second-order valence-corrected chi connectivity index (χ2v) is 16.3. The van der Waals surface area contributed by atoms with E-state index in [0.717, 1.165) is 115 Å². The van der Waals surface area contributed by atoms with E-state index in [4.69, 9.17) is 19.4 Å². The third kappa shape index (κ3) is 7.35. The van der Waals surface area contributed by atoms with Crippen molar-refractivity contribution in [2.75, 3.05) is 56.2 Å². The number of fused-ring (bicyclic) bond motifs is 3. The number of imidazole rings is 1. The number of rotatable bonds is 11. The fraction of sp³-hybridized carbons (Fsp3) is 0.477. The normalized spacial score (nSPS) is 21.0. The molecular formula is C44H50N8O7. The van der Waals surface area contributed by atoms with Gasteiger partial charge in [0.15, 0.2) is 0 Å². The summed E-state index contributed by atoms with van der Waals surface area (Å²) in [5.74, 6) is -0.546. The third-order valence-corrected chi connectivity index (χ3v) is 12.6. The number of carbonyl (C=O) groups is 5. The molecular weight excluding hydrogens is 753 g/mol. The van der Waals surface area contributed by atoms with Crippen molar-refractivity contribution in [3.63, 3.8) is 0 Å². The number of anilines is 2. The zero-order valence-electron chi connectivity index (χ0n) is 33.6. The molecule has 9 rings (SSSR count). The van der Waals surface area contributed by atoms with E-state index in [9.17, 15) is 24.0 Å². The van der Waals surface area contributed by atoms with E-state index in [2.05, 4.69) is 45.2 Å². The Morgan fingerprint density at radius 3 is 2.64 bits per heavy atom. The van der Waals surface area contributed by atoms with Crippen molar-refractivity contribution in [2.45, 2.75) is 89.9 Å². The van der Waals surface area contributed by atoms with Crippen LogP contribution in [0.4, 0.5) is 11.4 Å². The van der Waals surface area contributed by atoms with Gasteiger partial charge in [0.05, 0.1) is 40.7 Å². The number of unbranched alkanes of at least 4 members (excludes halogenated alkanes) is 1. The van der Waals surface area contributed by atoms with Crippen molar-refractivity contribution in [3.8, 4) is 11.3 Å². The van der Waals surface area contributed by atoms with E-state index in [1.807, 2.05) is 11.1 Å². The second-order valence-electron chi connectivity index (χ2n) is 16.3. The van der Waals surface area contributed by atoms with Crippen molar-refractivity contribution in [1.29, 1.82) is 0 Å². The number of imide groups is 2. The Morgan fingerprint density at radius 1 is 0.983 bits per heavy atom. The molecule has 15 heteroatoms. The van der Waals surface area contributed by atoms with Gasteiger partial charge in [0, 0.05) is 100 Å². The number of benzene rings is 2. The molecule has 4 aromatic rings. The van der Waals surface area contributed by atoms with E-state index in [0.29, 0.717) is 37.8 Å². The van der Waals surface area contributed by atoms with Gasteiger partial charge in [-0.15, -0.1) is 0 Å². The number of nitrogens with zero attached hydrogens (tertiary/aromatic N) is 6. The molecule has 7 heterocycles. The molecule has 15 nitrogen and oxygen atoms in total. The molecule has 0 bridgehead atoms. The molecule has 2 atom stereocenters. The quantitative estimate of drug-likeness (QED) is 0.161. The maximum Gasteiger partial charge on any atom is 0.264 e. The molecule has 59 heavy (non-hydrogen) atoms. The van der Waals surface area contributed by atoms with E-state index in [1.54, 1.807) is 25.1 Å². The van der Waals surface area contributed by atoms with Crippen LogP contribution in [0.15, 0.2) is 42.6 Å². The summed E-state index contributed by atoms with van der Waals surface area (Å²) < 4.78 is 14.4. The molecule has 5 amide bonds. The van der Waals surface area contributed by atoms with Crippen LogP contribution in [0, 0.1) is 6.92 Å². The van der Waals surface area contributed by atoms with E-state index >= 15 is 0 Å². The van der Waals surface area contributed by atoms with Crippen LogP contribution in [-0.2, 0) is 36.9 Å². The SMILES string of the molecule is CC(=O)N1CCn2c(C3CCOCC3)nc(-c3ccnc4cc(N5CC[C@@H](OCCCCNc6cccc7c6C(=O)N(C6CCC(=O)NC6=O)C7=O)C5)c(C)cc34)c2C1. The number of hydrogen-bond donors (Lipinski definition) is 2. The molecule has 2 N–H and O–H groups in total. The van der Waals surface area contributed by atoms with Crippen molar-refractivity contribution in [3.05, 3.63) is 70.8 Å². The Labute approximate surface area is 342 Å². The van der Waals surface area contributed by atoms with Gasteiger partial charge in [-0.2, -0.15) is 0 Å². The van der Waals surface area contributed by atoms with Crippen LogP contribution in [0.25, 0.3) is 22.2 Å². The van der Waals surface area contributed by atoms with E-state index < -0.39 is 29.7 Å². The molecule has 2 aromatic carbocycles. The Bertz CT molecular complexity index is 2350. The Morgan fingerprint density at radius 2 is 1.83 bits per heavy atom. The largest absolute Gasteiger partial charge is 0.384 e. The minimum Gasteiger partial charge on any atom is -0.384 e. The second kappa shape index (κ2) is 16.2. The predicted octanol–water partition coefficient (Wildman–Crippen LogP) is 4.55. The Kier molecular flexibility index (Phi) is 10.6. The summed E-state index contributed by atoms with van der Waals surface area (Å²) in [4.78, 5) is 78.6. The summed E-state index contributed by atoms with van der Waals surface area (Å²) in [5, 5.41) is 6.61. The summed E-state index contributed by atoms with van der Waals surface area (Å²) in [6.07, 6.45) is 6.58. The zero-order valence-corrected chi connectivity index (χ0v) is 33.6. The zero-order chi connectivity index (χ0) is 40.8. The van der Waals surface area contributed by atoms with Crippen molar-refractivity contribution >= 4 is 51.8 Å². The summed E-state index contributed by atoms with van der Waals surface area (Å²) in [7, 11) is 0. The Hall–Kier alpha value is -5.67. The number of aromatic nitrogens is 3. The average Bonchev–Trinajstić information content (AvgIpc) is 3.93. The minimum atomic E-state index is -0.997. The van der Waals surface area contributed by atoms with Crippen LogP contribution in [0.2, 0.25) is 0 Å². The number of piperidine rings is 1. The van der Waals surface area contributed by atoms with Crippen LogP contribution in [0.5, 0.6) is 0 Å². The first-order valence-electron chi connectivity index (χ1n) is 20.9. The van der Waals surface area contributed by atoms with Gasteiger partial charge in [0.25, 0.3) is 11.8 Å². The van der Waals surface area contributed by atoms with Crippen LogP contribution in [-0.4, -0.2) is 112 Å². The average molecular weight is 803 g/mol. The van der Waals surface area contributed by atoms with Crippen LogP contribution in [0.3, 0.4) is 0 Å². The van der Waals surface area contributed by atoms with Crippen molar-refractivity contribution in [2.24, 2.45) is 0 Å². The topological polar surface area (TPSA) is 168 Å². The molecule has 1 unspecified atom stereocenters. The van der Waals surface area contributed by atoms with Crippen molar-refractivity contribution in [1.82, 2.24) is 29.7 Å². The maximum absolute atomic E-state index is 13.4. The highest BCUT2D eigenvalue weighted by molar-refractivity contribution is 6.25. The number of pyridine rings is 1. The Balaban J connectivity index is 0.816. The molecule has 0 saturated carbocycles. The standard InChI is InChI=1S/C44H50N8O7/c1-26-22-32-30(40-37-25-49(27(2)53)17-18-51(37)41(48-40)28-12-20-58-21-13-28)10-15-46-34(32)23-36(26)50-16-11-29(24-50)59-19-4-3-14-45-33-7-5-6-31-39(33)44(57)52(43(31)56)35-8-9-38(54)47-42(35)55/h5-7,10,15,22-23,28-29,35,45H,3-4,8-9,11-14,16-21,24-25H2,1-2H3,(H,47,54,55)/t29-,35?/m1/s1. The monoisotopic (exact) mass is 802 g/mol. The van der Waals surface area contributed by atoms with Crippen LogP contribution < -0.4 is 15.5 Å². The molecule has 3 saturated heterocycles. The maximum atomic E-state index is 13.4. The van der Waals surface area contributed by atoms with Gasteiger partial charge in [-0.05, 0) is 81.3 Å². The lowest BCUT2D eigenvalue weighted by molar-refractivity contribution is -0.136. The fourth-order valence-corrected chi connectivity index (χ4v) is 9.43. The summed E-state index contributed by atoms with van der Waals surface area (Å²) in [6, 6.07) is 10.6. The van der Waals surface area contributed by atoms with Gasteiger partial charge in [-0.3, -0.25) is 39.2 Å². The highest BCUT2D eigenvalue weighted by Crippen LogP contribution is 2.39. The van der Waals surface area contributed by atoms with Gasteiger partial charge in [0.1, 0.15) is 11.9 Å². The smallest absolute Gasteiger partial charge is 0.264 e. The summed E-state index contributed by atoms with van der Waals surface area (Å²) >= 11 is 0. The third-order valence-electron chi connectivity index (χ3n) is 12.6. The van der Waals surface area contributed by atoms with Crippen LogP contribution >= 0.6 is 0 Å². The molecule has 2 aromatic heterocycles. The molecule has 308 valence electrons. The highest BCUT2D eigenvalue weighted by Gasteiger charge is 2.45. The first kappa shape index (κ1) is 38.8. The lowest BCUT2D eigenvalue weighted by Crippen LogP contribution is -2.54. The van der Waals surface area contributed by atoms with Gasteiger partial charge in [0.2, 0.25) is 17.7 Å². The van der Waals surface area contributed by atoms with E-state index in [1.165, 1.54) is 0 Å². The summed E-state index contributed by atoms with van der Waals surface area (Å²) in [6.45, 7) is 10.1. The first-order valence-corrected chi connectivity index (χ1v) is 20.9. The predicted molar refractivity (Wildman–Crippen MR) is 219 cm³/mol.